The lowest BCUT2D eigenvalue weighted by atomic mass is 10.3. The van der Waals surface area contributed by atoms with Crippen LogP contribution in [0.4, 0.5) is 0 Å². The Bertz CT molecular complexity index is 854. The molecule has 8 heteroatoms. The second kappa shape index (κ2) is 7.70. The summed E-state index contributed by atoms with van der Waals surface area (Å²) in [6, 6.07) is 9.98. The number of piperazine rings is 1. The maximum Gasteiger partial charge on any atom is 0.246 e. The van der Waals surface area contributed by atoms with Crippen molar-refractivity contribution in [2.45, 2.75) is 4.90 Å². The number of sulfonamides is 1. The highest BCUT2D eigenvalue weighted by molar-refractivity contribution is 7.89. The maximum absolute atomic E-state index is 12.6. The zero-order chi connectivity index (χ0) is 17.9. The van der Waals surface area contributed by atoms with E-state index in [9.17, 15) is 13.2 Å². The van der Waals surface area contributed by atoms with Gasteiger partial charge in [0.2, 0.25) is 15.9 Å². The van der Waals surface area contributed by atoms with Gasteiger partial charge in [-0.3, -0.25) is 4.79 Å². The van der Waals surface area contributed by atoms with Gasteiger partial charge in [-0.25, -0.2) is 8.42 Å². The number of carbonyl (C=O) groups excluding carboxylic acids is 1. The summed E-state index contributed by atoms with van der Waals surface area (Å²) >= 11 is 7.37. The Balaban J connectivity index is 1.61. The van der Waals surface area contributed by atoms with E-state index in [0.29, 0.717) is 18.1 Å². The Morgan fingerprint density at radius 2 is 1.76 bits per heavy atom. The fourth-order valence-electron chi connectivity index (χ4n) is 2.55. The standard InChI is InChI=1S/C17H17ClN2O3S2/c18-14-3-6-16(7-4-14)25(22,23)20-11-9-19(10-12-20)17(21)8-5-15-2-1-13-24-15/h1-8,13H,9-12H2/b8-5+. The van der Waals surface area contributed by atoms with Crippen LogP contribution in [0, 0.1) is 0 Å². The van der Waals surface area contributed by atoms with Crippen molar-refractivity contribution < 1.29 is 13.2 Å². The van der Waals surface area contributed by atoms with Crippen molar-refractivity contribution in [1.29, 1.82) is 0 Å². The van der Waals surface area contributed by atoms with Gasteiger partial charge in [-0.1, -0.05) is 17.7 Å². The summed E-state index contributed by atoms with van der Waals surface area (Å²) in [6.07, 6.45) is 3.32. The molecule has 0 N–H and O–H groups in total. The molecule has 132 valence electrons. The molecule has 1 fully saturated rings. The number of benzene rings is 1. The molecule has 0 atom stereocenters. The number of halogens is 1. The molecular formula is C17H17ClN2O3S2. The highest BCUT2D eigenvalue weighted by atomic mass is 35.5. The molecule has 3 rings (SSSR count). The molecule has 1 aromatic carbocycles. The van der Waals surface area contributed by atoms with Crippen molar-refractivity contribution in [1.82, 2.24) is 9.21 Å². The van der Waals surface area contributed by atoms with Gasteiger partial charge in [0.05, 0.1) is 4.90 Å². The number of carbonyl (C=O) groups is 1. The molecule has 2 heterocycles. The minimum Gasteiger partial charge on any atom is -0.337 e. The molecule has 25 heavy (non-hydrogen) atoms. The van der Waals surface area contributed by atoms with E-state index in [1.165, 1.54) is 22.5 Å². The summed E-state index contributed by atoms with van der Waals surface area (Å²) < 4.78 is 26.7. The van der Waals surface area contributed by atoms with Gasteiger partial charge in [-0.15, -0.1) is 11.3 Å². The summed E-state index contributed by atoms with van der Waals surface area (Å²) in [5.74, 6) is -0.100. The first-order valence-electron chi connectivity index (χ1n) is 7.73. The van der Waals surface area contributed by atoms with Crippen molar-refractivity contribution in [3.8, 4) is 0 Å². The first kappa shape index (κ1) is 18.1. The average molecular weight is 397 g/mol. The van der Waals surface area contributed by atoms with Gasteiger partial charge < -0.3 is 4.90 Å². The maximum atomic E-state index is 12.6. The van der Waals surface area contributed by atoms with Crippen molar-refractivity contribution in [3.63, 3.8) is 0 Å². The van der Waals surface area contributed by atoms with Crippen molar-refractivity contribution in [2.75, 3.05) is 26.2 Å². The van der Waals surface area contributed by atoms with Crippen LogP contribution in [0.3, 0.4) is 0 Å². The Hall–Kier alpha value is -1.67. The first-order chi connectivity index (χ1) is 12.0. The third kappa shape index (κ3) is 4.30. The predicted molar refractivity (Wildman–Crippen MR) is 100 cm³/mol. The number of amides is 1. The molecular weight excluding hydrogens is 380 g/mol. The van der Waals surface area contributed by atoms with E-state index in [-0.39, 0.29) is 23.9 Å². The zero-order valence-electron chi connectivity index (χ0n) is 13.3. The van der Waals surface area contributed by atoms with Gasteiger partial charge in [-0.2, -0.15) is 4.31 Å². The molecule has 1 amide bonds. The zero-order valence-corrected chi connectivity index (χ0v) is 15.7. The second-order valence-corrected chi connectivity index (χ2v) is 8.89. The van der Waals surface area contributed by atoms with Crippen molar-refractivity contribution >= 4 is 44.9 Å². The Morgan fingerprint density at radius 3 is 2.36 bits per heavy atom. The Kier molecular flexibility index (Phi) is 5.58. The number of thiophene rings is 1. The average Bonchev–Trinajstić information content (AvgIpc) is 3.14. The van der Waals surface area contributed by atoms with Crippen LogP contribution < -0.4 is 0 Å². The lowest BCUT2D eigenvalue weighted by Gasteiger charge is -2.33. The van der Waals surface area contributed by atoms with Crippen LogP contribution in [0.5, 0.6) is 0 Å². The van der Waals surface area contributed by atoms with Crippen LogP contribution >= 0.6 is 22.9 Å². The van der Waals surface area contributed by atoms with E-state index in [0.717, 1.165) is 4.88 Å². The number of nitrogens with zero attached hydrogens (tertiary/aromatic N) is 2. The summed E-state index contributed by atoms with van der Waals surface area (Å²) in [5, 5.41) is 2.44. The number of hydrogen-bond acceptors (Lipinski definition) is 4. The van der Waals surface area contributed by atoms with Gasteiger partial charge in [0.25, 0.3) is 0 Å². The molecule has 0 radical (unpaired) electrons. The normalized spacial score (nSPS) is 16.4. The molecule has 5 nitrogen and oxygen atoms in total. The Labute approximate surface area is 156 Å². The van der Waals surface area contributed by atoms with E-state index in [2.05, 4.69) is 0 Å². The van der Waals surface area contributed by atoms with E-state index < -0.39 is 10.0 Å². The quantitative estimate of drug-likeness (QED) is 0.746. The van der Waals surface area contributed by atoms with Gasteiger partial charge >= 0.3 is 0 Å². The monoisotopic (exact) mass is 396 g/mol. The smallest absolute Gasteiger partial charge is 0.246 e. The van der Waals surface area contributed by atoms with Gasteiger partial charge in [-0.05, 0) is 41.8 Å². The summed E-state index contributed by atoms with van der Waals surface area (Å²) in [4.78, 5) is 15.1. The Morgan fingerprint density at radius 1 is 1.08 bits per heavy atom. The van der Waals surface area contributed by atoms with Gasteiger partial charge in [0, 0.05) is 42.2 Å². The SMILES string of the molecule is O=C(/C=C/c1cccs1)N1CCN(S(=O)(=O)c2ccc(Cl)cc2)CC1. The van der Waals surface area contributed by atoms with E-state index >= 15 is 0 Å². The van der Waals surface area contributed by atoms with Crippen LogP contribution in [0.2, 0.25) is 5.02 Å². The fraction of sp³-hybridized carbons (Fsp3) is 0.235. The van der Waals surface area contributed by atoms with Crippen LogP contribution in [-0.2, 0) is 14.8 Å². The molecule has 1 saturated heterocycles. The van der Waals surface area contributed by atoms with E-state index in [1.54, 1.807) is 34.4 Å². The molecule has 1 aliphatic rings. The largest absolute Gasteiger partial charge is 0.337 e. The van der Waals surface area contributed by atoms with E-state index in [4.69, 9.17) is 11.6 Å². The molecule has 0 unspecified atom stereocenters. The lowest BCUT2D eigenvalue weighted by Crippen LogP contribution is -2.50. The minimum atomic E-state index is -3.56. The fourth-order valence-corrected chi connectivity index (χ4v) is 4.72. The topological polar surface area (TPSA) is 57.7 Å². The van der Waals surface area contributed by atoms with Gasteiger partial charge in [0.1, 0.15) is 0 Å². The van der Waals surface area contributed by atoms with Gasteiger partial charge in [0.15, 0.2) is 0 Å². The van der Waals surface area contributed by atoms with E-state index in [1.807, 2.05) is 17.5 Å². The van der Waals surface area contributed by atoms with Crippen molar-refractivity contribution in [3.05, 3.63) is 57.8 Å². The van der Waals surface area contributed by atoms with Crippen LogP contribution in [-0.4, -0.2) is 49.7 Å². The summed E-state index contributed by atoms with van der Waals surface area (Å²) in [5.41, 5.74) is 0. The number of rotatable bonds is 4. The third-order valence-electron chi connectivity index (χ3n) is 3.94. The molecule has 0 saturated carbocycles. The predicted octanol–water partition coefficient (Wildman–Crippen LogP) is 2.95. The summed E-state index contributed by atoms with van der Waals surface area (Å²) in [7, 11) is -3.56. The molecule has 1 aromatic heterocycles. The highest BCUT2D eigenvalue weighted by Gasteiger charge is 2.29. The molecule has 0 spiro atoms. The summed E-state index contributed by atoms with van der Waals surface area (Å²) in [6.45, 7) is 1.31. The van der Waals surface area contributed by atoms with Crippen LogP contribution in [0.1, 0.15) is 4.88 Å². The molecule has 2 aromatic rings. The lowest BCUT2D eigenvalue weighted by molar-refractivity contribution is -0.127. The molecule has 0 aliphatic carbocycles. The molecule has 1 aliphatic heterocycles. The van der Waals surface area contributed by atoms with Crippen LogP contribution in [0.25, 0.3) is 6.08 Å². The third-order valence-corrected chi connectivity index (χ3v) is 6.94. The van der Waals surface area contributed by atoms with Crippen LogP contribution in [0.15, 0.2) is 52.7 Å². The highest BCUT2D eigenvalue weighted by Crippen LogP contribution is 2.20. The first-order valence-corrected chi connectivity index (χ1v) is 10.4. The van der Waals surface area contributed by atoms with Crippen molar-refractivity contribution in [2.24, 2.45) is 0 Å². The molecule has 0 bridgehead atoms. The second-order valence-electron chi connectivity index (χ2n) is 5.53. The number of hydrogen-bond donors (Lipinski definition) is 0. The minimum absolute atomic E-state index is 0.100.